The molecule has 0 aromatic heterocycles. The van der Waals surface area contributed by atoms with Crippen LogP contribution in [0.15, 0.2) is 0 Å². The summed E-state index contributed by atoms with van der Waals surface area (Å²) < 4.78 is 15.8. The Labute approximate surface area is 108 Å². The van der Waals surface area contributed by atoms with Crippen LogP contribution in [0.2, 0.25) is 0 Å². The van der Waals surface area contributed by atoms with Crippen LogP contribution in [0.4, 0.5) is 0 Å². The average Bonchev–Trinajstić information content (AvgIpc) is 2.74. The van der Waals surface area contributed by atoms with E-state index in [4.69, 9.17) is 14.2 Å². The van der Waals surface area contributed by atoms with Crippen molar-refractivity contribution in [3.63, 3.8) is 0 Å². The minimum absolute atomic E-state index is 0.00391. The second-order valence-electron chi connectivity index (χ2n) is 4.81. The third-order valence-corrected chi connectivity index (χ3v) is 3.15. The summed E-state index contributed by atoms with van der Waals surface area (Å²) in [5, 5.41) is 0. The first-order valence-electron chi connectivity index (χ1n) is 6.33. The van der Waals surface area contributed by atoms with Crippen LogP contribution in [-0.4, -0.2) is 44.3 Å². The number of hydrogen-bond donors (Lipinski definition) is 0. The number of methoxy groups -OCH3 is 1. The molecule has 1 aliphatic heterocycles. The van der Waals surface area contributed by atoms with Crippen molar-refractivity contribution in [1.29, 1.82) is 0 Å². The molecule has 0 amide bonds. The van der Waals surface area contributed by atoms with Crippen molar-refractivity contribution in [2.24, 2.45) is 5.92 Å². The Morgan fingerprint density at radius 2 is 1.89 bits per heavy atom. The van der Waals surface area contributed by atoms with Crippen molar-refractivity contribution >= 4 is 11.8 Å². The van der Waals surface area contributed by atoms with E-state index >= 15 is 0 Å². The second-order valence-corrected chi connectivity index (χ2v) is 4.81. The van der Waals surface area contributed by atoms with Gasteiger partial charge in [0, 0.05) is 13.0 Å². The SMILES string of the molecule is COCC1CCC(COC(=O)CC(C)C(C)=O)O1. The van der Waals surface area contributed by atoms with Crippen LogP contribution < -0.4 is 0 Å². The Hall–Kier alpha value is -0.940. The molecular formula is C13H22O5. The molecule has 0 N–H and O–H groups in total. The molecule has 1 fully saturated rings. The van der Waals surface area contributed by atoms with Crippen molar-refractivity contribution in [3.8, 4) is 0 Å². The summed E-state index contributed by atoms with van der Waals surface area (Å²) in [6.07, 6.45) is 2.02. The largest absolute Gasteiger partial charge is 0.463 e. The van der Waals surface area contributed by atoms with Gasteiger partial charge >= 0.3 is 5.97 Å². The van der Waals surface area contributed by atoms with Gasteiger partial charge in [0.2, 0.25) is 0 Å². The van der Waals surface area contributed by atoms with Crippen molar-refractivity contribution in [2.75, 3.05) is 20.3 Å². The Bertz CT molecular complexity index is 289. The fraction of sp³-hybridized carbons (Fsp3) is 0.846. The number of Topliss-reactive ketones (excluding diaryl/α,β-unsaturated/α-hetero) is 1. The molecular weight excluding hydrogens is 236 g/mol. The van der Waals surface area contributed by atoms with Gasteiger partial charge in [-0.3, -0.25) is 9.59 Å². The zero-order valence-corrected chi connectivity index (χ0v) is 11.3. The first kappa shape index (κ1) is 15.1. The molecule has 0 aromatic carbocycles. The monoisotopic (exact) mass is 258 g/mol. The Kier molecular flexibility index (Phi) is 6.29. The smallest absolute Gasteiger partial charge is 0.306 e. The maximum Gasteiger partial charge on any atom is 0.306 e. The molecule has 1 saturated heterocycles. The molecule has 0 radical (unpaired) electrons. The lowest BCUT2D eigenvalue weighted by atomic mass is 10.0. The lowest BCUT2D eigenvalue weighted by Crippen LogP contribution is -2.23. The first-order valence-corrected chi connectivity index (χ1v) is 6.33. The molecule has 1 rings (SSSR count). The molecule has 0 aromatic rings. The van der Waals surface area contributed by atoms with Gasteiger partial charge in [0.05, 0.1) is 25.2 Å². The fourth-order valence-electron chi connectivity index (χ4n) is 1.85. The van der Waals surface area contributed by atoms with Gasteiger partial charge in [0.1, 0.15) is 12.4 Å². The highest BCUT2D eigenvalue weighted by atomic mass is 16.6. The number of carbonyl (C=O) groups excluding carboxylic acids is 2. The zero-order chi connectivity index (χ0) is 13.5. The van der Waals surface area contributed by atoms with Crippen LogP contribution in [0.5, 0.6) is 0 Å². The Balaban J connectivity index is 2.17. The predicted octanol–water partition coefficient (Wildman–Crippen LogP) is 1.34. The lowest BCUT2D eigenvalue weighted by Gasteiger charge is -2.14. The lowest BCUT2D eigenvalue weighted by molar-refractivity contribution is -0.150. The number of ether oxygens (including phenoxy) is 3. The topological polar surface area (TPSA) is 61.8 Å². The molecule has 5 nitrogen and oxygen atoms in total. The zero-order valence-electron chi connectivity index (χ0n) is 11.3. The molecule has 104 valence electrons. The maximum atomic E-state index is 11.5. The van der Waals surface area contributed by atoms with E-state index in [2.05, 4.69) is 0 Å². The van der Waals surface area contributed by atoms with E-state index in [1.165, 1.54) is 6.92 Å². The van der Waals surface area contributed by atoms with Crippen LogP contribution in [0.1, 0.15) is 33.1 Å². The van der Waals surface area contributed by atoms with Crippen LogP contribution in [-0.2, 0) is 23.8 Å². The van der Waals surface area contributed by atoms with Gasteiger partial charge in [-0.1, -0.05) is 6.92 Å². The van der Waals surface area contributed by atoms with Gasteiger partial charge in [0.15, 0.2) is 0 Å². The van der Waals surface area contributed by atoms with E-state index in [1.54, 1.807) is 14.0 Å². The third-order valence-electron chi connectivity index (χ3n) is 3.15. The molecule has 5 heteroatoms. The molecule has 3 atom stereocenters. The number of rotatable bonds is 7. The second kappa shape index (κ2) is 7.48. The summed E-state index contributed by atoms with van der Waals surface area (Å²) >= 11 is 0. The first-order chi connectivity index (χ1) is 8.52. The van der Waals surface area contributed by atoms with Crippen LogP contribution in [0.3, 0.4) is 0 Å². The highest BCUT2D eigenvalue weighted by Gasteiger charge is 2.26. The van der Waals surface area contributed by atoms with Crippen LogP contribution in [0, 0.1) is 5.92 Å². The van der Waals surface area contributed by atoms with Gasteiger partial charge in [0.25, 0.3) is 0 Å². The summed E-state index contributed by atoms with van der Waals surface area (Å²) in [7, 11) is 1.64. The quantitative estimate of drug-likeness (QED) is 0.645. The molecule has 0 spiro atoms. The van der Waals surface area contributed by atoms with E-state index in [0.717, 1.165) is 12.8 Å². The highest BCUT2D eigenvalue weighted by Crippen LogP contribution is 2.20. The summed E-state index contributed by atoms with van der Waals surface area (Å²) in [5.74, 6) is -0.607. The number of ketones is 1. The Morgan fingerprint density at radius 1 is 1.28 bits per heavy atom. The van der Waals surface area contributed by atoms with Crippen LogP contribution in [0.25, 0.3) is 0 Å². The molecule has 0 saturated carbocycles. The van der Waals surface area contributed by atoms with Gasteiger partial charge in [-0.05, 0) is 19.8 Å². The standard InChI is InChI=1S/C13H22O5/c1-9(10(2)14)6-13(15)17-8-12-5-4-11(18-12)7-16-3/h9,11-12H,4-8H2,1-3H3. The van der Waals surface area contributed by atoms with Gasteiger partial charge in [-0.2, -0.15) is 0 Å². The van der Waals surface area contributed by atoms with Crippen molar-refractivity contribution in [2.45, 2.75) is 45.3 Å². The molecule has 18 heavy (non-hydrogen) atoms. The molecule has 0 bridgehead atoms. The molecule has 1 aliphatic rings. The summed E-state index contributed by atoms with van der Waals surface area (Å²) in [6, 6.07) is 0. The number of carbonyl (C=O) groups is 2. The van der Waals surface area contributed by atoms with Gasteiger partial charge in [-0.25, -0.2) is 0 Å². The van der Waals surface area contributed by atoms with Crippen molar-refractivity contribution in [3.05, 3.63) is 0 Å². The van der Waals surface area contributed by atoms with E-state index in [9.17, 15) is 9.59 Å². The minimum atomic E-state index is -0.337. The average molecular weight is 258 g/mol. The van der Waals surface area contributed by atoms with Crippen molar-refractivity contribution in [1.82, 2.24) is 0 Å². The van der Waals surface area contributed by atoms with E-state index in [1.807, 2.05) is 0 Å². The normalized spacial score (nSPS) is 24.8. The van der Waals surface area contributed by atoms with Crippen molar-refractivity contribution < 1.29 is 23.8 Å². The van der Waals surface area contributed by atoms with Crippen LogP contribution >= 0.6 is 0 Å². The highest BCUT2D eigenvalue weighted by molar-refractivity contribution is 5.83. The Morgan fingerprint density at radius 3 is 2.44 bits per heavy atom. The van der Waals surface area contributed by atoms with E-state index in [-0.39, 0.29) is 42.9 Å². The molecule has 1 heterocycles. The third kappa shape index (κ3) is 5.14. The predicted molar refractivity (Wildman–Crippen MR) is 65.2 cm³/mol. The van der Waals surface area contributed by atoms with E-state index in [0.29, 0.717) is 6.61 Å². The van der Waals surface area contributed by atoms with E-state index < -0.39 is 0 Å². The summed E-state index contributed by atoms with van der Waals surface area (Å²) in [4.78, 5) is 22.5. The maximum absolute atomic E-state index is 11.5. The number of esters is 1. The summed E-state index contributed by atoms with van der Waals surface area (Å²) in [6.45, 7) is 4.05. The molecule has 0 aliphatic carbocycles. The number of hydrogen-bond acceptors (Lipinski definition) is 5. The van der Waals surface area contributed by atoms with Gasteiger partial charge < -0.3 is 14.2 Å². The van der Waals surface area contributed by atoms with Gasteiger partial charge in [-0.15, -0.1) is 0 Å². The fourth-order valence-corrected chi connectivity index (χ4v) is 1.85. The molecule has 3 unspecified atom stereocenters. The minimum Gasteiger partial charge on any atom is -0.463 e. The summed E-state index contributed by atoms with van der Waals surface area (Å²) in [5.41, 5.74) is 0.